The highest BCUT2D eigenvalue weighted by molar-refractivity contribution is 7.71. The van der Waals surface area contributed by atoms with E-state index >= 15 is 0 Å². The van der Waals surface area contributed by atoms with E-state index < -0.39 is 0 Å². The van der Waals surface area contributed by atoms with Crippen LogP contribution >= 0.6 is 12.2 Å². The molecule has 1 heterocycles. The van der Waals surface area contributed by atoms with Crippen LogP contribution in [0.5, 0.6) is 0 Å². The Morgan fingerprint density at radius 2 is 1.68 bits per heavy atom. The standard InChI is InChI=1S/C20H24N4S/c1-4-22(14-18-8-6-5-7-9-18)15-23-20(25)24(17(3)21-23)19-12-10-16(2)11-13-19/h5-13H,4,14-15H2,1-3H3. The Morgan fingerprint density at radius 3 is 2.32 bits per heavy atom. The average Bonchev–Trinajstić information content (AvgIpc) is 2.90. The van der Waals surface area contributed by atoms with Gasteiger partial charge in [0.15, 0.2) is 0 Å². The second kappa shape index (κ2) is 7.76. The number of aromatic nitrogens is 3. The van der Waals surface area contributed by atoms with Gasteiger partial charge in [-0.2, -0.15) is 5.10 Å². The Bertz CT molecular complexity index is 878. The maximum Gasteiger partial charge on any atom is 0.203 e. The molecule has 5 heteroatoms. The summed E-state index contributed by atoms with van der Waals surface area (Å²) in [5.41, 5.74) is 3.59. The smallest absolute Gasteiger partial charge is 0.203 e. The molecule has 0 atom stereocenters. The van der Waals surface area contributed by atoms with Gasteiger partial charge in [0.1, 0.15) is 5.82 Å². The van der Waals surface area contributed by atoms with Crippen LogP contribution < -0.4 is 0 Å². The summed E-state index contributed by atoms with van der Waals surface area (Å²) >= 11 is 5.70. The molecule has 0 radical (unpaired) electrons. The molecule has 0 unspecified atom stereocenters. The molecule has 130 valence electrons. The van der Waals surface area contributed by atoms with Gasteiger partial charge in [0.25, 0.3) is 0 Å². The predicted octanol–water partition coefficient (Wildman–Crippen LogP) is 4.50. The maximum atomic E-state index is 5.70. The fraction of sp³-hybridized carbons (Fsp3) is 0.300. The summed E-state index contributed by atoms with van der Waals surface area (Å²) in [6.07, 6.45) is 0. The van der Waals surface area contributed by atoms with E-state index in [-0.39, 0.29) is 0 Å². The molecule has 0 amide bonds. The van der Waals surface area contributed by atoms with Gasteiger partial charge < -0.3 is 0 Å². The number of hydrogen-bond donors (Lipinski definition) is 0. The number of hydrogen-bond acceptors (Lipinski definition) is 3. The fourth-order valence-corrected chi connectivity index (χ4v) is 3.23. The van der Waals surface area contributed by atoms with Crippen LogP contribution in [0.15, 0.2) is 54.6 Å². The van der Waals surface area contributed by atoms with Crippen molar-refractivity contribution in [1.82, 2.24) is 19.2 Å². The lowest BCUT2D eigenvalue weighted by molar-refractivity contribution is 0.207. The monoisotopic (exact) mass is 352 g/mol. The van der Waals surface area contributed by atoms with Crippen LogP contribution in [0.25, 0.3) is 5.69 Å². The van der Waals surface area contributed by atoms with Gasteiger partial charge in [-0.3, -0.25) is 9.47 Å². The SMILES string of the molecule is CCN(Cc1ccccc1)Cn1nc(C)n(-c2ccc(C)cc2)c1=S. The van der Waals surface area contributed by atoms with Crippen LogP contribution in [-0.2, 0) is 13.2 Å². The van der Waals surface area contributed by atoms with Crippen LogP contribution in [0.4, 0.5) is 0 Å². The second-order valence-electron chi connectivity index (χ2n) is 6.27. The van der Waals surface area contributed by atoms with Crippen LogP contribution in [0.3, 0.4) is 0 Å². The topological polar surface area (TPSA) is 26.0 Å². The Hall–Kier alpha value is -2.24. The summed E-state index contributed by atoms with van der Waals surface area (Å²) in [7, 11) is 0. The third-order valence-corrected chi connectivity index (χ3v) is 4.72. The Balaban J connectivity index is 1.84. The highest BCUT2D eigenvalue weighted by Gasteiger charge is 2.12. The first-order valence-electron chi connectivity index (χ1n) is 8.58. The van der Waals surface area contributed by atoms with E-state index in [4.69, 9.17) is 12.2 Å². The molecule has 0 saturated heterocycles. The van der Waals surface area contributed by atoms with Crippen LogP contribution in [0.1, 0.15) is 23.9 Å². The molecule has 0 N–H and O–H groups in total. The van der Waals surface area contributed by atoms with Gasteiger partial charge in [0.05, 0.1) is 6.67 Å². The molecular formula is C20H24N4S. The van der Waals surface area contributed by atoms with E-state index in [2.05, 4.69) is 72.4 Å². The number of aryl methyl sites for hydroxylation is 2. The van der Waals surface area contributed by atoms with E-state index in [0.717, 1.165) is 29.4 Å². The van der Waals surface area contributed by atoms with Crippen molar-refractivity contribution in [1.29, 1.82) is 0 Å². The lowest BCUT2D eigenvalue weighted by Gasteiger charge is -2.20. The Morgan fingerprint density at radius 1 is 1.00 bits per heavy atom. The van der Waals surface area contributed by atoms with E-state index in [1.165, 1.54) is 11.1 Å². The molecule has 0 fully saturated rings. The summed E-state index contributed by atoms with van der Waals surface area (Å²) in [6, 6.07) is 18.9. The summed E-state index contributed by atoms with van der Waals surface area (Å²) < 4.78 is 4.68. The second-order valence-corrected chi connectivity index (χ2v) is 6.64. The number of benzene rings is 2. The zero-order chi connectivity index (χ0) is 17.8. The van der Waals surface area contributed by atoms with Crippen molar-refractivity contribution in [2.24, 2.45) is 0 Å². The highest BCUT2D eigenvalue weighted by atomic mass is 32.1. The molecule has 3 aromatic rings. The molecule has 0 aliphatic rings. The van der Waals surface area contributed by atoms with E-state index in [9.17, 15) is 0 Å². The van der Waals surface area contributed by atoms with Gasteiger partial charge in [-0.1, -0.05) is 55.0 Å². The third-order valence-electron chi connectivity index (χ3n) is 4.32. The molecule has 1 aromatic heterocycles. The molecule has 3 rings (SSSR count). The van der Waals surface area contributed by atoms with E-state index in [0.29, 0.717) is 6.67 Å². The first-order chi connectivity index (χ1) is 12.1. The van der Waals surface area contributed by atoms with Crippen molar-refractivity contribution in [2.75, 3.05) is 6.54 Å². The number of nitrogens with zero attached hydrogens (tertiary/aromatic N) is 4. The quantitative estimate of drug-likeness (QED) is 0.611. The van der Waals surface area contributed by atoms with Gasteiger partial charge in [-0.05, 0) is 50.3 Å². The van der Waals surface area contributed by atoms with Crippen molar-refractivity contribution < 1.29 is 0 Å². The zero-order valence-corrected chi connectivity index (χ0v) is 15.8. The molecule has 0 spiro atoms. The van der Waals surface area contributed by atoms with Crippen molar-refractivity contribution in [3.63, 3.8) is 0 Å². The maximum absolute atomic E-state index is 5.70. The zero-order valence-electron chi connectivity index (χ0n) is 15.0. The Labute approximate surface area is 154 Å². The predicted molar refractivity (Wildman–Crippen MR) is 104 cm³/mol. The largest absolute Gasteiger partial charge is 0.280 e. The lowest BCUT2D eigenvalue weighted by atomic mass is 10.2. The summed E-state index contributed by atoms with van der Waals surface area (Å²) in [5.74, 6) is 0.907. The summed E-state index contributed by atoms with van der Waals surface area (Å²) in [4.78, 5) is 2.33. The minimum atomic E-state index is 0.684. The van der Waals surface area contributed by atoms with Crippen molar-refractivity contribution >= 4 is 12.2 Å². The molecule has 4 nitrogen and oxygen atoms in total. The van der Waals surface area contributed by atoms with E-state index in [1.807, 2.05) is 22.2 Å². The molecule has 2 aromatic carbocycles. The van der Waals surface area contributed by atoms with E-state index in [1.54, 1.807) is 0 Å². The van der Waals surface area contributed by atoms with Crippen molar-refractivity contribution in [2.45, 2.75) is 34.0 Å². The third kappa shape index (κ3) is 4.06. The number of rotatable bonds is 6. The minimum absolute atomic E-state index is 0.684. The summed E-state index contributed by atoms with van der Waals surface area (Å²) in [6.45, 7) is 8.75. The molecular weight excluding hydrogens is 328 g/mol. The van der Waals surface area contributed by atoms with Crippen LogP contribution in [0, 0.1) is 18.6 Å². The normalized spacial score (nSPS) is 11.2. The molecule has 0 saturated carbocycles. The average molecular weight is 353 g/mol. The van der Waals surface area contributed by atoms with Gasteiger partial charge in [0, 0.05) is 12.2 Å². The molecule has 0 aliphatic carbocycles. The lowest BCUT2D eigenvalue weighted by Crippen LogP contribution is -2.26. The van der Waals surface area contributed by atoms with Gasteiger partial charge in [-0.15, -0.1) is 0 Å². The molecule has 0 aliphatic heterocycles. The van der Waals surface area contributed by atoms with Gasteiger partial charge in [-0.25, -0.2) is 4.68 Å². The van der Waals surface area contributed by atoms with Gasteiger partial charge >= 0.3 is 0 Å². The first kappa shape index (κ1) is 17.6. The summed E-state index contributed by atoms with van der Waals surface area (Å²) in [5, 5.41) is 4.67. The van der Waals surface area contributed by atoms with Crippen molar-refractivity contribution in [3.05, 3.63) is 76.3 Å². The van der Waals surface area contributed by atoms with Crippen molar-refractivity contribution in [3.8, 4) is 5.69 Å². The molecule has 25 heavy (non-hydrogen) atoms. The first-order valence-corrected chi connectivity index (χ1v) is 8.99. The van der Waals surface area contributed by atoms with Gasteiger partial charge in [0.2, 0.25) is 4.77 Å². The Kier molecular flexibility index (Phi) is 5.46. The van der Waals surface area contributed by atoms with Crippen LogP contribution in [0.2, 0.25) is 0 Å². The fourth-order valence-electron chi connectivity index (χ4n) is 2.89. The highest BCUT2D eigenvalue weighted by Crippen LogP contribution is 2.14. The molecule has 0 bridgehead atoms. The minimum Gasteiger partial charge on any atom is -0.280 e. The van der Waals surface area contributed by atoms with Crippen LogP contribution in [-0.4, -0.2) is 25.8 Å².